The predicted molar refractivity (Wildman–Crippen MR) is 131 cm³/mol. The van der Waals surface area contributed by atoms with Gasteiger partial charge in [-0.1, -0.05) is 59.6 Å². The van der Waals surface area contributed by atoms with E-state index in [0.29, 0.717) is 23.5 Å². The van der Waals surface area contributed by atoms with E-state index < -0.39 is 76.4 Å². The van der Waals surface area contributed by atoms with E-state index in [0.717, 1.165) is 18.2 Å². The van der Waals surface area contributed by atoms with Crippen LogP contribution in [0.15, 0.2) is 48.7 Å². The molecule has 236 valence electrons. The molecular weight excluding hydrogens is 683 g/mol. The van der Waals surface area contributed by atoms with E-state index in [4.69, 9.17) is 34.8 Å². The van der Waals surface area contributed by atoms with Gasteiger partial charge >= 0.3 is 24.7 Å². The van der Waals surface area contributed by atoms with Gasteiger partial charge in [0.2, 0.25) is 6.04 Å². The Morgan fingerprint density at radius 2 is 1.30 bits per heavy atom. The average molecular weight is 696 g/mol. The molecule has 0 bridgehead atoms. The summed E-state index contributed by atoms with van der Waals surface area (Å²) in [5.74, 6) is -6.50. The van der Waals surface area contributed by atoms with Gasteiger partial charge in [0.25, 0.3) is 11.8 Å². The maximum Gasteiger partial charge on any atom is 0.417 e. The summed E-state index contributed by atoms with van der Waals surface area (Å²) < 4.78 is 158. The van der Waals surface area contributed by atoms with Crippen LogP contribution >= 0.6 is 34.8 Å². The van der Waals surface area contributed by atoms with E-state index >= 15 is 0 Å². The molecule has 0 fully saturated rings. The molecule has 0 heterocycles. The fourth-order valence-corrected chi connectivity index (χ4v) is 3.91. The normalized spacial score (nSPS) is 13.8. The lowest BCUT2D eigenvalue weighted by Gasteiger charge is -2.24. The number of amides is 2. The first-order valence-electron chi connectivity index (χ1n) is 10.9. The first-order chi connectivity index (χ1) is 19.3. The smallest absolute Gasteiger partial charge is 0.332 e. The predicted octanol–water partition coefficient (Wildman–Crippen LogP) is 8.88. The van der Waals surface area contributed by atoms with Crippen LogP contribution in [0.1, 0.15) is 33.0 Å². The van der Waals surface area contributed by atoms with Crippen molar-refractivity contribution in [2.45, 2.75) is 36.7 Å². The van der Waals surface area contributed by atoms with Crippen LogP contribution in [-0.4, -0.2) is 36.4 Å². The third-order valence-electron chi connectivity index (χ3n) is 5.26. The zero-order chi connectivity index (χ0) is 33.3. The second-order valence-corrected chi connectivity index (χ2v) is 9.59. The lowest BCUT2D eigenvalue weighted by atomic mass is 9.96. The van der Waals surface area contributed by atoms with Crippen LogP contribution in [0.4, 0.5) is 52.7 Å². The van der Waals surface area contributed by atoms with Crippen molar-refractivity contribution in [3.8, 4) is 0 Å². The number of hydrogen-bond donors (Lipinski definition) is 2. The third-order valence-corrected chi connectivity index (χ3v) is 6.46. The molecule has 0 radical (unpaired) electrons. The fraction of sp³-hybridized carbons (Fsp3) is 0.250. The van der Waals surface area contributed by atoms with Crippen LogP contribution in [-0.2, 0) is 11.0 Å². The van der Waals surface area contributed by atoms with Crippen molar-refractivity contribution in [2.24, 2.45) is 0 Å². The standard InChI is InChI=1S/C24H13Cl3F12N2O2/c1-9(18(42)41-20(23(34,35)36)24(37,38)39)40-19(43)12-4-2-10(6-14(12)22(31,32)33)3-5-13(21(28,29)30)11-7-15(25)17(27)16(26)8-11/h2-8,13,20H,1H2,(H,40,43)(H,41,42)/b5-3+. The minimum atomic E-state index is -6.03. The van der Waals surface area contributed by atoms with Crippen LogP contribution < -0.4 is 10.6 Å². The van der Waals surface area contributed by atoms with Gasteiger partial charge in [0.1, 0.15) is 0 Å². The van der Waals surface area contributed by atoms with Gasteiger partial charge in [0, 0.05) is 0 Å². The molecule has 0 aliphatic carbocycles. The molecule has 2 aromatic carbocycles. The molecule has 1 atom stereocenters. The fourth-order valence-electron chi connectivity index (χ4n) is 3.30. The zero-order valence-corrected chi connectivity index (χ0v) is 22.7. The number of hydrogen-bond acceptors (Lipinski definition) is 2. The SMILES string of the molecule is C=C(NC(=O)c1ccc(/C=C/C(c2cc(Cl)c(Cl)c(Cl)c2)C(F)(F)F)cc1C(F)(F)F)C(=O)NC(C(F)(F)F)C(F)(F)F. The molecule has 2 rings (SSSR count). The Hall–Kier alpha value is -3.11. The monoisotopic (exact) mass is 694 g/mol. The Morgan fingerprint density at radius 3 is 1.74 bits per heavy atom. The first kappa shape index (κ1) is 36.1. The second-order valence-electron chi connectivity index (χ2n) is 8.40. The third kappa shape index (κ3) is 9.44. The summed E-state index contributed by atoms with van der Waals surface area (Å²) in [6.07, 6.45) is -21.3. The number of allylic oxidation sites excluding steroid dienone is 1. The lowest BCUT2D eigenvalue weighted by Crippen LogP contribution is -2.55. The van der Waals surface area contributed by atoms with Crippen LogP contribution in [0.25, 0.3) is 6.08 Å². The Bertz CT molecular complexity index is 1390. The number of halogens is 15. The van der Waals surface area contributed by atoms with Crippen molar-refractivity contribution < 1.29 is 62.3 Å². The molecule has 4 nitrogen and oxygen atoms in total. The molecule has 19 heteroatoms. The van der Waals surface area contributed by atoms with Gasteiger partial charge in [-0.25, -0.2) is 0 Å². The summed E-state index contributed by atoms with van der Waals surface area (Å²) in [7, 11) is 0. The first-order valence-corrected chi connectivity index (χ1v) is 12.0. The molecule has 0 aliphatic rings. The Morgan fingerprint density at radius 1 is 0.791 bits per heavy atom. The topological polar surface area (TPSA) is 58.2 Å². The van der Waals surface area contributed by atoms with Crippen molar-refractivity contribution in [3.63, 3.8) is 0 Å². The molecule has 2 aromatic rings. The molecule has 0 saturated heterocycles. The number of carbonyl (C=O) groups is 2. The number of nitrogens with one attached hydrogen (secondary N) is 2. The summed E-state index contributed by atoms with van der Waals surface area (Å²) in [6.45, 7) is 2.76. The largest absolute Gasteiger partial charge is 0.417 e. The van der Waals surface area contributed by atoms with Crippen LogP contribution in [0.5, 0.6) is 0 Å². The maximum absolute atomic E-state index is 13.7. The number of carbonyl (C=O) groups excluding carboxylic acids is 2. The maximum atomic E-state index is 13.7. The molecular formula is C24H13Cl3F12N2O2. The highest BCUT2D eigenvalue weighted by Crippen LogP contribution is 2.41. The summed E-state index contributed by atoms with van der Waals surface area (Å²) in [6, 6.07) is -1.31. The van der Waals surface area contributed by atoms with Gasteiger partial charge in [-0.2, -0.15) is 52.7 Å². The Balaban J connectivity index is 2.40. The van der Waals surface area contributed by atoms with Crippen molar-refractivity contribution in [2.75, 3.05) is 0 Å². The second kappa shape index (κ2) is 12.9. The molecule has 2 amide bonds. The summed E-state index contributed by atoms with van der Waals surface area (Å²) >= 11 is 17.3. The minimum Gasteiger partial charge on any atom is -0.332 e. The average Bonchev–Trinajstić information content (AvgIpc) is 2.82. The molecule has 0 spiro atoms. The zero-order valence-electron chi connectivity index (χ0n) is 20.4. The van der Waals surface area contributed by atoms with E-state index in [9.17, 15) is 62.3 Å². The quantitative estimate of drug-likeness (QED) is 0.173. The molecule has 0 saturated carbocycles. The summed E-state index contributed by atoms with van der Waals surface area (Å²) in [5, 5.41) is 0.945. The van der Waals surface area contributed by atoms with Gasteiger partial charge in [-0.15, -0.1) is 0 Å². The van der Waals surface area contributed by atoms with E-state index in [2.05, 4.69) is 6.58 Å². The molecule has 1 unspecified atom stereocenters. The van der Waals surface area contributed by atoms with Crippen molar-refractivity contribution in [1.82, 2.24) is 10.6 Å². The summed E-state index contributed by atoms with van der Waals surface area (Å²) in [4.78, 5) is 24.2. The number of rotatable bonds is 7. The van der Waals surface area contributed by atoms with Gasteiger partial charge in [0.05, 0.1) is 37.8 Å². The Labute approximate surface area is 248 Å². The van der Waals surface area contributed by atoms with E-state index in [1.54, 1.807) is 0 Å². The van der Waals surface area contributed by atoms with Crippen molar-refractivity contribution >= 4 is 52.7 Å². The lowest BCUT2D eigenvalue weighted by molar-refractivity contribution is -0.257. The highest BCUT2D eigenvalue weighted by atomic mass is 35.5. The van der Waals surface area contributed by atoms with Gasteiger partial charge < -0.3 is 10.6 Å². The van der Waals surface area contributed by atoms with Crippen molar-refractivity contribution in [1.29, 1.82) is 0 Å². The van der Waals surface area contributed by atoms with E-state index in [-0.39, 0.29) is 21.1 Å². The number of benzene rings is 2. The van der Waals surface area contributed by atoms with E-state index in [1.165, 1.54) is 5.32 Å². The summed E-state index contributed by atoms with van der Waals surface area (Å²) in [5.41, 5.74) is -5.62. The van der Waals surface area contributed by atoms with E-state index in [1.807, 2.05) is 0 Å². The van der Waals surface area contributed by atoms with Crippen molar-refractivity contribution in [3.05, 3.63) is 86.0 Å². The van der Waals surface area contributed by atoms with Gasteiger partial charge in [0.15, 0.2) is 0 Å². The van der Waals surface area contributed by atoms with Gasteiger partial charge in [-0.05, 0) is 35.4 Å². The highest BCUT2D eigenvalue weighted by Gasteiger charge is 2.57. The van der Waals surface area contributed by atoms with Gasteiger partial charge in [-0.3, -0.25) is 9.59 Å². The Kier molecular flexibility index (Phi) is 10.8. The molecule has 43 heavy (non-hydrogen) atoms. The number of alkyl halides is 12. The highest BCUT2D eigenvalue weighted by molar-refractivity contribution is 6.48. The van der Waals surface area contributed by atoms with Crippen LogP contribution in [0.2, 0.25) is 15.1 Å². The van der Waals surface area contributed by atoms with Crippen LogP contribution in [0, 0.1) is 0 Å². The molecule has 0 aromatic heterocycles. The molecule has 0 aliphatic heterocycles. The van der Waals surface area contributed by atoms with Crippen LogP contribution in [0.3, 0.4) is 0 Å². The minimum absolute atomic E-state index is 0.229. The molecule has 2 N–H and O–H groups in total.